The van der Waals surface area contributed by atoms with Crippen LogP contribution in [0.25, 0.3) is 0 Å². The summed E-state index contributed by atoms with van der Waals surface area (Å²) in [6, 6.07) is 0. The Balaban J connectivity index is 1.51. The van der Waals surface area contributed by atoms with E-state index >= 15 is 0 Å². The molecule has 6 heteroatoms. The molecule has 0 spiro atoms. The van der Waals surface area contributed by atoms with Crippen LogP contribution in [-0.2, 0) is 9.53 Å². The molecule has 7 unspecified atom stereocenters. The van der Waals surface area contributed by atoms with Crippen molar-refractivity contribution in [3.63, 3.8) is 0 Å². The average Bonchev–Trinajstić information content (AvgIpc) is 2.95. The van der Waals surface area contributed by atoms with Gasteiger partial charge >= 0.3 is 6.18 Å². The summed E-state index contributed by atoms with van der Waals surface area (Å²) in [6.45, 7) is 5.59. The first-order chi connectivity index (χ1) is 13.4. The maximum atomic E-state index is 12.6. The van der Waals surface area contributed by atoms with Crippen molar-refractivity contribution in [2.75, 3.05) is 6.61 Å². The highest BCUT2D eigenvalue weighted by molar-refractivity contribution is 5.85. The highest BCUT2D eigenvalue weighted by Crippen LogP contribution is 2.65. The van der Waals surface area contributed by atoms with Gasteiger partial charge in [-0.15, -0.1) is 0 Å². The van der Waals surface area contributed by atoms with E-state index in [9.17, 15) is 23.1 Å². The van der Waals surface area contributed by atoms with Gasteiger partial charge in [0.15, 0.2) is 0 Å². The Hall–Kier alpha value is -0.880. The van der Waals surface area contributed by atoms with E-state index in [0.717, 1.165) is 51.4 Å². The lowest BCUT2D eigenvalue weighted by molar-refractivity contribution is -0.180. The molecule has 0 heterocycles. The van der Waals surface area contributed by atoms with Crippen molar-refractivity contribution < 1.29 is 27.8 Å². The molecule has 3 nitrogen and oxygen atoms in total. The zero-order valence-corrected chi connectivity index (χ0v) is 17.6. The van der Waals surface area contributed by atoms with E-state index in [4.69, 9.17) is 4.74 Å². The van der Waals surface area contributed by atoms with Gasteiger partial charge in [-0.25, -0.2) is 0 Å². The maximum Gasteiger partial charge on any atom is 0.452 e. The number of carbonyl (C=O) groups excluding carboxylic acids is 1. The molecule has 0 saturated heterocycles. The number of ketones is 1. The average molecular weight is 415 g/mol. The smallest absolute Gasteiger partial charge is 0.390 e. The SMILES string of the molecule is CC1(O)CCC2(C)C(=CCC3C2CCC2(C)C(OCC(=O)C(F)(F)F)CCC32)C1. The summed E-state index contributed by atoms with van der Waals surface area (Å²) >= 11 is 0. The normalized spacial score (nSPS) is 47.1. The van der Waals surface area contributed by atoms with Crippen molar-refractivity contribution in [1.82, 2.24) is 0 Å². The van der Waals surface area contributed by atoms with E-state index in [1.54, 1.807) is 0 Å². The minimum atomic E-state index is -4.82. The summed E-state index contributed by atoms with van der Waals surface area (Å²) in [5.74, 6) is -0.292. The van der Waals surface area contributed by atoms with Gasteiger partial charge in [-0.1, -0.05) is 25.5 Å². The van der Waals surface area contributed by atoms with E-state index in [-0.39, 0.29) is 16.9 Å². The first kappa shape index (κ1) is 21.4. The molecule has 164 valence electrons. The molecule has 0 bridgehead atoms. The quantitative estimate of drug-likeness (QED) is 0.645. The molecule has 0 amide bonds. The van der Waals surface area contributed by atoms with E-state index in [1.165, 1.54) is 5.57 Å². The number of ether oxygens (including phenoxy) is 1. The van der Waals surface area contributed by atoms with Crippen LogP contribution in [-0.4, -0.2) is 35.4 Å². The van der Waals surface area contributed by atoms with Gasteiger partial charge in [0.05, 0.1) is 11.7 Å². The molecule has 3 fully saturated rings. The third-order valence-corrected chi connectivity index (χ3v) is 9.02. The van der Waals surface area contributed by atoms with Crippen molar-refractivity contribution in [2.45, 2.75) is 90.0 Å². The first-order valence-electron chi connectivity index (χ1n) is 11.0. The second-order valence-corrected chi connectivity index (χ2v) is 10.8. The van der Waals surface area contributed by atoms with Gasteiger partial charge in [0.2, 0.25) is 0 Å². The monoisotopic (exact) mass is 414 g/mol. The number of halogens is 3. The Morgan fingerprint density at radius 2 is 1.86 bits per heavy atom. The highest BCUT2D eigenvalue weighted by atomic mass is 19.4. The van der Waals surface area contributed by atoms with Crippen LogP contribution in [0.3, 0.4) is 0 Å². The minimum absolute atomic E-state index is 0.123. The number of Topliss-reactive ketones (excluding diaryl/α,β-unsaturated/α-hetero) is 1. The maximum absolute atomic E-state index is 12.6. The van der Waals surface area contributed by atoms with Gasteiger partial charge in [-0.3, -0.25) is 4.79 Å². The first-order valence-corrected chi connectivity index (χ1v) is 11.0. The van der Waals surface area contributed by atoms with Gasteiger partial charge < -0.3 is 9.84 Å². The fourth-order valence-electron chi connectivity index (χ4n) is 7.29. The second kappa shape index (κ2) is 6.81. The Labute approximate surface area is 171 Å². The number of carbonyl (C=O) groups is 1. The largest absolute Gasteiger partial charge is 0.452 e. The number of allylic oxidation sites excluding steroid dienone is 1. The molecule has 0 aromatic heterocycles. The predicted molar refractivity (Wildman–Crippen MR) is 103 cm³/mol. The van der Waals surface area contributed by atoms with Crippen molar-refractivity contribution >= 4 is 5.78 Å². The lowest BCUT2D eigenvalue weighted by Crippen LogP contribution is -2.52. The Morgan fingerprint density at radius 3 is 2.55 bits per heavy atom. The predicted octanol–water partition coefficient (Wildman–Crippen LogP) is 5.22. The molecule has 4 aliphatic rings. The van der Waals surface area contributed by atoms with Crippen molar-refractivity contribution in [1.29, 1.82) is 0 Å². The number of alkyl halides is 3. The third-order valence-electron chi connectivity index (χ3n) is 9.02. The number of aliphatic hydroxyl groups is 1. The van der Waals surface area contributed by atoms with Crippen LogP contribution in [0, 0.1) is 28.6 Å². The van der Waals surface area contributed by atoms with Crippen LogP contribution in [0.15, 0.2) is 11.6 Å². The van der Waals surface area contributed by atoms with Crippen LogP contribution in [0.4, 0.5) is 13.2 Å². The zero-order chi connectivity index (χ0) is 21.2. The van der Waals surface area contributed by atoms with E-state index in [0.29, 0.717) is 17.8 Å². The van der Waals surface area contributed by atoms with Crippen molar-refractivity contribution in [3.05, 3.63) is 11.6 Å². The van der Waals surface area contributed by atoms with Crippen LogP contribution in [0.2, 0.25) is 0 Å². The van der Waals surface area contributed by atoms with Gasteiger partial charge in [0, 0.05) is 0 Å². The molecule has 4 rings (SSSR count). The Bertz CT molecular complexity index is 713. The standard InChI is InChI=1S/C23H33F3O3/c1-20(28)10-11-21(2)14(12-20)4-5-15-16-6-7-19(22(16,3)9-8-17(15)21)29-13-18(27)23(24,25)26/h4,15-17,19,28H,5-13H2,1-3H3. The van der Waals surface area contributed by atoms with Gasteiger partial charge in [-0.05, 0) is 86.9 Å². The minimum Gasteiger partial charge on any atom is -0.390 e. The highest BCUT2D eigenvalue weighted by Gasteiger charge is 2.59. The lowest BCUT2D eigenvalue weighted by Gasteiger charge is -2.58. The summed E-state index contributed by atoms with van der Waals surface area (Å²) in [6.07, 6.45) is 4.47. The second-order valence-electron chi connectivity index (χ2n) is 10.8. The van der Waals surface area contributed by atoms with E-state index < -0.39 is 24.2 Å². The van der Waals surface area contributed by atoms with Crippen molar-refractivity contribution in [2.24, 2.45) is 28.6 Å². The third kappa shape index (κ3) is 3.48. The molecule has 0 aromatic carbocycles. The van der Waals surface area contributed by atoms with Gasteiger partial charge in [0.25, 0.3) is 5.78 Å². The number of hydrogen-bond donors (Lipinski definition) is 1. The fourth-order valence-corrected chi connectivity index (χ4v) is 7.29. The van der Waals surface area contributed by atoms with E-state index in [2.05, 4.69) is 19.9 Å². The summed E-state index contributed by atoms with van der Waals surface area (Å²) in [5, 5.41) is 10.5. The van der Waals surface area contributed by atoms with Gasteiger partial charge in [0.1, 0.15) is 6.61 Å². The van der Waals surface area contributed by atoms with Crippen molar-refractivity contribution in [3.8, 4) is 0 Å². The molecule has 29 heavy (non-hydrogen) atoms. The summed E-state index contributed by atoms with van der Waals surface area (Å²) in [7, 11) is 0. The Kier molecular flexibility index (Phi) is 5.02. The van der Waals surface area contributed by atoms with E-state index in [1.807, 2.05) is 6.92 Å². The zero-order valence-electron chi connectivity index (χ0n) is 17.6. The molecule has 0 aliphatic heterocycles. The molecule has 1 N–H and O–H groups in total. The topological polar surface area (TPSA) is 46.5 Å². The van der Waals surface area contributed by atoms with Crippen LogP contribution in [0.5, 0.6) is 0 Å². The number of hydrogen-bond acceptors (Lipinski definition) is 3. The summed E-state index contributed by atoms with van der Waals surface area (Å²) in [5.41, 5.74) is 0.755. The number of rotatable bonds is 3. The lowest BCUT2D eigenvalue weighted by atomic mass is 9.47. The fraction of sp³-hybridized carbons (Fsp3) is 0.870. The Morgan fingerprint density at radius 1 is 1.14 bits per heavy atom. The molecule has 4 aliphatic carbocycles. The molecular weight excluding hydrogens is 381 g/mol. The molecule has 0 radical (unpaired) electrons. The summed E-state index contributed by atoms with van der Waals surface area (Å²) in [4.78, 5) is 11.3. The van der Waals surface area contributed by atoms with Crippen LogP contribution in [0.1, 0.15) is 72.1 Å². The molecule has 0 aromatic rings. The molecular formula is C23H33F3O3. The molecule has 7 atom stereocenters. The van der Waals surface area contributed by atoms with Crippen LogP contribution < -0.4 is 0 Å². The van der Waals surface area contributed by atoms with Gasteiger partial charge in [-0.2, -0.15) is 13.2 Å². The summed E-state index contributed by atoms with van der Waals surface area (Å²) < 4.78 is 43.3. The molecule has 3 saturated carbocycles. The van der Waals surface area contributed by atoms with Crippen LogP contribution >= 0.6 is 0 Å². The number of fused-ring (bicyclic) bond motifs is 5.